The highest BCUT2D eigenvalue weighted by Gasteiger charge is 2.34. The average Bonchev–Trinajstić information content (AvgIpc) is 2.53. The second-order valence-electron chi connectivity index (χ2n) is 6.05. The minimum atomic E-state index is -0.313. The first-order chi connectivity index (χ1) is 10.6. The molecule has 0 radical (unpaired) electrons. The molecule has 1 aliphatic rings. The van der Waals surface area contributed by atoms with Gasteiger partial charge in [-0.1, -0.05) is 48.9 Å². The van der Waals surface area contributed by atoms with E-state index in [0.717, 1.165) is 35.6 Å². The van der Waals surface area contributed by atoms with E-state index >= 15 is 0 Å². The Kier molecular flexibility index (Phi) is 4.18. The van der Waals surface area contributed by atoms with Crippen molar-refractivity contribution in [3.63, 3.8) is 0 Å². The number of nitrogens with zero attached hydrogens (tertiary/aromatic N) is 1. The first-order valence-corrected chi connectivity index (χ1v) is 7.78. The van der Waals surface area contributed by atoms with Gasteiger partial charge in [-0.05, 0) is 29.2 Å². The predicted molar refractivity (Wildman–Crippen MR) is 85.5 cm³/mol. The van der Waals surface area contributed by atoms with Gasteiger partial charge in [0.2, 0.25) is 6.54 Å². The Morgan fingerprint density at radius 1 is 1.14 bits per heavy atom. The Hall–Kier alpha value is -2.23. The number of benzene rings is 2. The van der Waals surface area contributed by atoms with E-state index in [2.05, 4.69) is 0 Å². The van der Waals surface area contributed by atoms with Crippen LogP contribution in [0.1, 0.15) is 37.2 Å². The van der Waals surface area contributed by atoms with Gasteiger partial charge in [0.25, 0.3) is 0 Å². The Balaban J connectivity index is 1.99. The first kappa shape index (κ1) is 14.7. The molecule has 0 bridgehead atoms. The van der Waals surface area contributed by atoms with Crippen LogP contribution < -0.4 is 0 Å². The van der Waals surface area contributed by atoms with Gasteiger partial charge in [0.1, 0.15) is 5.78 Å². The molecule has 2 atom stereocenters. The molecule has 1 fully saturated rings. The van der Waals surface area contributed by atoms with Gasteiger partial charge in [-0.15, -0.1) is 0 Å². The van der Waals surface area contributed by atoms with Gasteiger partial charge in [-0.2, -0.15) is 0 Å². The number of carbonyl (C=O) groups excluding carboxylic acids is 1. The summed E-state index contributed by atoms with van der Waals surface area (Å²) in [6.45, 7) is -0.172. The number of nitro groups is 1. The topological polar surface area (TPSA) is 60.2 Å². The lowest BCUT2D eigenvalue weighted by Crippen LogP contribution is -2.30. The molecule has 1 unspecified atom stereocenters. The van der Waals surface area contributed by atoms with Crippen LogP contribution in [0.25, 0.3) is 10.8 Å². The fourth-order valence-electron chi connectivity index (χ4n) is 3.50. The second-order valence-corrected chi connectivity index (χ2v) is 6.05. The molecule has 0 aliphatic heterocycles. The molecule has 3 rings (SSSR count). The van der Waals surface area contributed by atoms with E-state index in [1.165, 1.54) is 0 Å². The van der Waals surface area contributed by atoms with Crippen molar-refractivity contribution in [3.8, 4) is 0 Å². The van der Waals surface area contributed by atoms with E-state index in [1.807, 2.05) is 42.5 Å². The third-order valence-electron chi connectivity index (χ3n) is 4.64. The molecule has 0 heterocycles. The molecule has 22 heavy (non-hydrogen) atoms. The quantitative estimate of drug-likeness (QED) is 0.634. The van der Waals surface area contributed by atoms with Gasteiger partial charge in [-0.25, -0.2) is 0 Å². The number of carbonyl (C=O) groups is 1. The Labute approximate surface area is 129 Å². The van der Waals surface area contributed by atoms with E-state index in [0.29, 0.717) is 6.42 Å². The van der Waals surface area contributed by atoms with Gasteiger partial charge in [0.15, 0.2) is 0 Å². The molecule has 1 saturated carbocycles. The monoisotopic (exact) mass is 297 g/mol. The fraction of sp³-hybridized carbons (Fsp3) is 0.389. The summed E-state index contributed by atoms with van der Waals surface area (Å²) in [4.78, 5) is 23.0. The highest BCUT2D eigenvalue weighted by molar-refractivity contribution is 5.85. The molecule has 0 spiro atoms. The van der Waals surface area contributed by atoms with Crippen molar-refractivity contribution < 1.29 is 9.72 Å². The third kappa shape index (κ3) is 3.01. The van der Waals surface area contributed by atoms with Crippen LogP contribution in [-0.2, 0) is 4.79 Å². The molecule has 4 nitrogen and oxygen atoms in total. The smallest absolute Gasteiger partial charge is 0.211 e. The summed E-state index contributed by atoms with van der Waals surface area (Å²) in [6.07, 6.45) is 3.23. The number of fused-ring (bicyclic) bond motifs is 1. The molecule has 0 aromatic heterocycles. The number of ketones is 1. The van der Waals surface area contributed by atoms with E-state index in [-0.39, 0.29) is 29.1 Å². The van der Waals surface area contributed by atoms with Crippen molar-refractivity contribution >= 4 is 16.6 Å². The van der Waals surface area contributed by atoms with Crippen LogP contribution in [-0.4, -0.2) is 17.3 Å². The zero-order valence-corrected chi connectivity index (χ0v) is 12.4. The summed E-state index contributed by atoms with van der Waals surface area (Å²) in [7, 11) is 0. The number of rotatable bonds is 4. The maximum Gasteiger partial charge on any atom is 0.211 e. The van der Waals surface area contributed by atoms with Crippen LogP contribution in [0, 0.1) is 16.0 Å². The number of hydrogen-bond acceptors (Lipinski definition) is 3. The van der Waals surface area contributed by atoms with Crippen LogP contribution >= 0.6 is 0 Å². The summed E-state index contributed by atoms with van der Waals surface area (Å²) < 4.78 is 0. The highest BCUT2D eigenvalue weighted by Crippen LogP contribution is 2.35. The van der Waals surface area contributed by atoms with E-state index in [9.17, 15) is 14.9 Å². The maximum atomic E-state index is 12.2. The molecule has 2 aromatic carbocycles. The number of hydrogen-bond donors (Lipinski definition) is 0. The minimum Gasteiger partial charge on any atom is -0.299 e. The van der Waals surface area contributed by atoms with Crippen LogP contribution in [0.4, 0.5) is 0 Å². The SMILES string of the molecule is O=C1CCCC[C@@H]1C(C[N+](=O)[O-])c1ccc2ccccc2c1. The van der Waals surface area contributed by atoms with Crippen LogP contribution in [0.3, 0.4) is 0 Å². The summed E-state index contributed by atoms with van der Waals surface area (Å²) in [5.41, 5.74) is 0.913. The lowest BCUT2D eigenvalue weighted by molar-refractivity contribution is -0.484. The Bertz CT molecular complexity index is 710. The Morgan fingerprint density at radius 3 is 2.64 bits per heavy atom. The van der Waals surface area contributed by atoms with Crippen molar-refractivity contribution in [3.05, 3.63) is 58.1 Å². The van der Waals surface area contributed by atoms with Crippen LogP contribution in [0.5, 0.6) is 0 Å². The zero-order chi connectivity index (χ0) is 15.5. The van der Waals surface area contributed by atoms with Crippen LogP contribution in [0.15, 0.2) is 42.5 Å². The predicted octanol–water partition coefficient (Wildman–Crippen LogP) is 3.96. The van der Waals surface area contributed by atoms with Gasteiger partial charge < -0.3 is 0 Å². The van der Waals surface area contributed by atoms with Gasteiger partial charge in [-0.3, -0.25) is 14.9 Å². The number of Topliss-reactive ketones (excluding diaryl/α,β-unsaturated/α-hetero) is 1. The zero-order valence-electron chi connectivity index (χ0n) is 12.4. The van der Waals surface area contributed by atoms with E-state index < -0.39 is 0 Å². The molecule has 4 heteroatoms. The minimum absolute atomic E-state index is 0.172. The summed E-state index contributed by atoms with van der Waals surface area (Å²) in [5.74, 6) is -0.334. The summed E-state index contributed by atoms with van der Waals surface area (Å²) >= 11 is 0. The molecule has 0 saturated heterocycles. The first-order valence-electron chi connectivity index (χ1n) is 7.78. The summed E-state index contributed by atoms with van der Waals surface area (Å²) in [5, 5.41) is 13.3. The molecule has 0 N–H and O–H groups in total. The molecule has 0 amide bonds. The van der Waals surface area contributed by atoms with Gasteiger partial charge >= 0.3 is 0 Å². The molecule has 2 aromatic rings. The normalized spacial score (nSPS) is 20.0. The largest absolute Gasteiger partial charge is 0.299 e. The second kappa shape index (κ2) is 6.26. The molecular weight excluding hydrogens is 278 g/mol. The van der Waals surface area contributed by atoms with Crippen molar-refractivity contribution in [1.82, 2.24) is 0 Å². The molecule has 1 aliphatic carbocycles. The van der Waals surface area contributed by atoms with E-state index in [4.69, 9.17) is 0 Å². The third-order valence-corrected chi connectivity index (χ3v) is 4.64. The van der Waals surface area contributed by atoms with Crippen molar-refractivity contribution in [2.24, 2.45) is 5.92 Å². The van der Waals surface area contributed by atoms with Crippen molar-refractivity contribution in [2.75, 3.05) is 6.54 Å². The highest BCUT2D eigenvalue weighted by atomic mass is 16.6. The standard InChI is InChI=1S/C18H19NO3/c20-18-8-4-3-7-16(18)17(12-19(21)22)15-10-9-13-5-1-2-6-14(13)11-15/h1-2,5-6,9-11,16-17H,3-4,7-8,12H2/t16-,17?/m1/s1. The van der Waals surface area contributed by atoms with Gasteiger partial charge in [0.05, 0.1) is 5.92 Å². The van der Waals surface area contributed by atoms with E-state index in [1.54, 1.807) is 0 Å². The maximum absolute atomic E-state index is 12.2. The molecular formula is C18H19NO3. The van der Waals surface area contributed by atoms with Gasteiger partial charge in [0, 0.05) is 17.3 Å². The fourth-order valence-corrected chi connectivity index (χ4v) is 3.50. The average molecular weight is 297 g/mol. The lowest BCUT2D eigenvalue weighted by atomic mass is 9.75. The summed E-state index contributed by atoms with van der Waals surface area (Å²) in [6, 6.07) is 13.9. The van der Waals surface area contributed by atoms with Crippen LogP contribution in [0.2, 0.25) is 0 Å². The van der Waals surface area contributed by atoms with Crippen molar-refractivity contribution in [1.29, 1.82) is 0 Å². The van der Waals surface area contributed by atoms with Crippen molar-refractivity contribution in [2.45, 2.75) is 31.6 Å². The Morgan fingerprint density at radius 2 is 1.91 bits per heavy atom. The molecule has 114 valence electrons. The lowest BCUT2D eigenvalue weighted by Gasteiger charge is -2.27.